The molecule has 0 radical (unpaired) electrons. The van der Waals surface area contributed by atoms with E-state index in [4.69, 9.17) is 5.73 Å². The molecule has 1 heterocycles. The van der Waals surface area contributed by atoms with Gasteiger partial charge in [-0.05, 0) is 12.8 Å². The van der Waals surface area contributed by atoms with Crippen molar-refractivity contribution in [1.29, 1.82) is 0 Å². The Morgan fingerprint density at radius 2 is 2.08 bits per heavy atom. The summed E-state index contributed by atoms with van der Waals surface area (Å²) in [6.45, 7) is 3.39. The monoisotopic (exact) mass is 200 g/mol. The van der Waals surface area contributed by atoms with Gasteiger partial charge in [-0.3, -0.25) is 4.90 Å². The van der Waals surface area contributed by atoms with Gasteiger partial charge in [0, 0.05) is 36.7 Å². The zero-order chi connectivity index (χ0) is 9.10. The normalized spacial score (nSPS) is 32.5. The van der Waals surface area contributed by atoms with Crippen LogP contribution in [0.2, 0.25) is 0 Å². The standard InChI is InChI=1S/C10H20N2S/c11-7-10-8-12(5-6-13-10)9-3-1-2-4-9/h9-10H,1-8,11H2. The highest BCUT2D eigenvalue weighted by atomic mass is 32.2. The van der Waals surface area contributed by atoms with Gasteiger partial charge in [-0.2, -0.15) is 11.8 Å². The molecule has 1 aliphatic heterocycles. The Hall–Kier alpha value is 0.270. The average Bonchev–Trinajstić information content (AvgIpc) is 2.71. The van der Waals surface area contributed by atoms with Crippen molar-refractivity contribution in [2.24, 2.45) is 5.73 Å². The summed E-state index contributed by atoms with van der Waals surface area (Å²) in [5.74, 6) is 1.29. The third-order valence-electron chi connectivity index (χ3n) is 3.27. The van der Waals surface area contributed by atoms with Gasteiger partial charge in [-0.25, -0.2) is 0 Å². The molecule has 2 fully saturated rings. The van der Waals surface area contributed by atoms with Crippen LogP contribution in [0.4, 0.5) is 0 Å². The lowest BCUT2D eigenvalue weighted by atomic mass is 10.2. The highest BCUT2D eigenvalue weighted by molar-refractivity contribution is 8.00. The van der Waals surface area contributed by atoms with E-state index < -0.39 is 0 Å². The molecule has 1 atom stereocenters. The Morgan fingerprint density at radius 3 is 2.77 bits per heavy atom. The van der Waals surface area contributed by atoms with Crippen LogP contribution in [-0.2, 0) is 0 Å². The predicted molar refractivity (Wildman–Crippen MR) is 59.1 cm³/mol. The van der Waals surface area contributed by atoms with Crippen LogP contribution in [-0.4, -0.2) is 41.6 Å². The maximum Gasteiger partial charge on any atom is 0.0298 e. The van der Waals surface area contributed by atoms with Crippen molar-refractivity contribution in [3.8, 4) is 0 Å². The van der Waals surface area contributed by atoms with Gasteiger partial charge in [0.15, 0.2) is 0 Å². The predicted octanol–water partition coefficient (Wildman–Crippen LogP) is 1.31. The van der Waals surface area contributed by atoms with Crippen LogP contribution in [0.3, 0.4) is 0 Å². The Bertz CT molecular complexity index is 157. The smallest absolute Gasteiger partial charge is 0.0298 e. The van der Waals surface area contributed by atoms with Gasteiger partial charge in [0.25, 0.3) is 0 Å². The van der Waals surface area contributed by atoms with Crippen molar-refractivity contribution in [3.05, 3.63) is 0 Å². The van der Waals surface area contributed by atoms with E-state index in [2.05, 4.69) is 16.7 Å². The summed E-state index contributed by atoms with van der Waals surface area (Å²) in [4.78, 5) is 2.68. The molecule has 2 aliphatic rings. The van der Waals surface area contributed by atoms with Crippen molar-refractivity contribution in [3.63, 3.8) is 0 Å². The number of thioether (sulfide) groups is 1. The first-order valence-corrected chi connectivity index (χ1v) is 6.51. The third-order valence-corrected chi connectivity index (χ3v) is 4.51. The second kappa shape index (κ2) is 4.67. The van der Waals surface area contributed by atoms with Crippen LogP contribution in [0.25, 0.3) is 0 Å². The van der Waals surface area contributed by atoms with E-state index in [1.54, 1.807) is 0 Å². The van der Waals surface area contributed by atoms with Crippen molar-refractivity contribution >= 4 is 11.8 Å². The minimum atomic E-state index is 0.703. The maximum absolute atomic E-state index is 5.72. The summed E-state index contributed by atoms with van der Waals surface area (Å²) >= 11 is 2.06. The largest absolute Gasteiger partial charge is 0.329 e. The van der Waals surface area contributed by atoms with Crippen LogP contribution in [0.15, 0.2) is 0 Å². The molecule has 2 N–H and O–H groups in total. The van der Waals surface area contributed by atoms with Crippen LogP contribution in [0, 0.1) is 0 Å². The number of rotatable bonds is 2. The Balaban J connectivity index is 1.84. The summed E-state index contributed by atoms with van der Waals surface area (Å²) in [5.41, 5.74) is 5.72. The van der Waals surface area contributed by atoms with Gasteiger partial charge in [0.2, 0.25) is 0 Å². The van der Waals surface area contributed by atoms with Gasteiger partial charge >= 0.3 is 0 Å². The average molecular weight is 200 g/mol. The molecule has 76 valence electrons. The molecular weight excluding hydrogens is 180 g/mol. The van der Waals surface area contributed by atoms with Crippen molar-refractivity contribution in [2.75, 3.05) is 25.4 Å². The van der Waals surface area contributed by atoms with E-state index in [0.29, 0.717) is 5.25 Å². The highest BCUT2D eigenvalue weighted by Crippen LogP contribution is 2.27. The quantitative estimate of drug-likeness (QED) is 0.728. The van der Waals surface area contributed by atoms with Crippen molar-refractivity contribution < 1.29 is 0 Å². The van der Waals surface area contributed by atoms with E-state index >= 15 is 0 Å². The molecule has 1 aliphatic carbocycles. The molecule has 3 heteroatoms. The molecule has 0 bridgehead atoms. The van der Waals surface area contributed by atoms with Crippen LogP contribution in [0.5, 0.6) is 0 Å². The Labute approximate surface area is 85.2 Å². The molecule has 0 spiro atoms. The minimum Gasteiger partial charge on any atom is -0.329 e. The molecule has 0 aromatic rings. The first-order chi connectivity index (χ1) is 6.40. The fourth-order valence-corrected chi connectivity index (χ4v) is 3.59. The van der Waals surface area contributed by atoms with Crippen molar-refractivity contribution in [2.45, 2.75) is 37.0 Å². The fraction of sp³-hybridized carbons (Fsp3) is 1.00. The molecule has 0 aromatic heterocycles. The Morgan fingerprint density at radius 1 is 1.31 bits per heavy atom. The zero-order valence-corrected chi connectivity index (χ0v) is 9.06. The van der Waals surface area contributed by atoms with E-state index in [1.165, 1.54) is 44.5 Å². The van der Waals surface area contributed by atoms with E-state index in [0.717, 1.165) is 12.6 Å². The summed E-state index contributed by atoms with van der Waals surface area (Å²) in [7, 11) is 0. The highest BCUT2D eigenvalue weighted by Gasteiger charge is 2.27. The molecule has 1 saturated heterocycles. The molecule has 0 amide bonds. The second-order valence-corrected chi connectivity index (χ2v) is 5.57. The Kier molecular flexibility index (Phi) is 3.52. The summed E-state index contributed by atoms with van der Waals surface area (Å²) < 4.78 is 0. The second-order valence-electron chi connectivity index (χ2n) is 4.16. The van der Waals surface area contributed by atoms with Crippen LogP contribution in [0.1, 0.15) is 25.7 Å². The van der Waals surface area contributed by atoms with Gasteiger partial charge in [-0.15, -0.1) is 0 Å². The maximum atomic E-state index is 5.72. The molecular formula is C10H20N2S. The van der Waals surface area contributed by atoms with Gasteiger partial charge in [0.05, 0.1) is 0 Å². The SMILES string of the molecule is NCC1CN(C2CCCC2)CCS1. The van der Waals surface area contributed by atoms with Crippen molar-refractivity contribution in [1.82, 2.24) is 4.90 Å². The van der Waals surface area contributed by atoms with Crippen LogP contribution >= 0.6 is 11.8 Å². The lowest BCUT2D eigenvalue weighted by molar-refractivity contribution is 0.206. The third kappa shape index (κ3) is 2.39. The van der Waals surface area contributed by atoms with Crippen LogP contribution < -0.4 is 5.73 Å². The lowest BCUT2D eigenvalue weighted by Crippen LogP contribution is -2.45. The lowest BCUT2D eigenvalue weighted by Gasteiger charge is -2.36. The molecule has 1 unspecified atom stereocenters. The number of nitrogens with two attached hydrogens (primary N) is 1. The minimum absolute atomic E-state index is 0.703. The fourth-order valence-electron chi connectivity index (χ4n) is 2.49. The van der Waals surface area contributed by atoms with Gasteiger partial charge in [0.1, 0.15) is 0 Å². The van der Waals surface area contributed by atoms with Gasteiger partial charge in [-0.1, -0.05) is 12.8 Å². The summed E-state index contributed by atoms with van der Waals surface area (Å²) in [6, 6.07) is 0.898. The zero-order valence-electron chi connectivity index (χ0n) is 8.24. The number of hydrogen-bond acceptors (Lipinski definition) is 3. The molecule has 0 aromatic carbocycles. The summed E-state index contributed by atoms with van der Waals surface area (Å²) in [6.07, 6.45) is 5.76. The molecule has 13 heavy (non-hydrogen) atoms. The topological polar surface area (TPSA) is 29.3 Å². The van der Waals surface area contributed by atoms with E-state index in [1.807, 2.05) is 0 Å². The molecule has 2 nitrogen and oxygen atoms in total. The van der Waals surface area contributed by atoms with Gasteiger partial charge < -0.3 is 5.73 Å². The first kappa shape index (κ1) is 9.81. The van der Waals surface area contributed by atoms with E-state index in [-0.39, 0.29) is 0 Å². The molecule has 1 saturated carbocycles. The molecule has 2 rings (SSSR count). The van der Waals surface area contributed by atoms with E-state index in [9.17, 15) is 0 Å². The first-order valence-electron chi connectivity index (χ1n) is 5.46. The summed E-state index contributed by atoms with van der Waals surface area (Å²) in [5, 5.41) is 0.703. The number of nitrogens with zero attached hydrogens (tertiary/aromatic N) is 1. The number of hydrogen-bond donors (Lipinski definition) is 1.